The molecule has 0 fully saturated rings. The second kappa shape index (κ2) is 5.94. The summed E-state index contributed by atoms with van der Waals surface area (Å²) >= 11 is 11.7. The summed E-state index contributed by atoms with van der Waals surface area (Å²) in [4.78, 5) is 20.5. The Hall–Kier alpha value is -2.11. The summed E-state index contributed by atoms with van der Waals surface area (Å²) in [6, 6.07) is 7.01. The number of amides is 1. The van der Waals surface area contributed by atoms with Crippen molar-refractivity contribution in [3.63, 3.8) is 0 Å². The van der Waals surface area contributed by atoms with Crippen LogP contribution in [-0.4, -0.2) is 20.3 Å². The van der Waals surface area contributed by atoms with Gasteiger partial charge in [0.05, 0.1) is 17.3 Å². The van der Waals surface area contributed by atoms with Gasteiger partial charge in [-0.2, -0.15) is 0 Å². The lowest BCUT2D eigenvalue weighted by Crippen LogP contribution is -2.24. The number of hydrogen-bond acceptors (Lipinski definition) is 3. The van der Waals surface area contributed by atoms with Gasteiger partial charge in [-0.15, -0.1) is 0 Å². The fourth-order valence-corrected chi connectivity index (χ4v) is 2.46. The van der Waals surface area contributed by atoms with Crippen molar-refractivity contribution in [3.8, 4) is 0 Å². The van der Waals surface area contributed by atoms with Crippen molar-refractivity contribution in [2.45, 2.75) is 13.5 Å². The van der Waals surface area contributed by atoms with Crippen LogP contribution in [0.4, 0.5) is 0 Å². The Morgan fingerprint density at radius 1 is 1.27 bits per heavy atom. The molecule has 3 aromatic heterocycles. The minimum absolute atomic E-state index is 0.106. The number of carbonyl (C=O) groups excluding carboxylic acids is 1. The van der Waals surface area contributed by atoms with Crippen LogP contribution in [0.5, 0.6) is 0 Å². The van der Waals surface area contributed by atoms with Gasteiger partial charge in [-0.05, 0) is 30.7 Å². The van der Waals surface area contributed by atoms with Crippen LogP contribution in [0.2, 0.25) is 10.2 Å². The fourth-order valence-electron chi connectivity index (χ4n) is 2.12. The number of fused-ring (bicyclic) bond motifs is 1. The zero-order valence-electron chi connectivity index (χ0n) is 11.7. The van der Waals surface area contributed by atoms with E-state index in [0.29, 0.717) is 0 Å². The van der Waals surface area contributed by atoms with Gasteiger partial charge in [0.25, 0.3) is 5.91 Å². The zero-order valence-corrected chi connectivity index (χ0v) is 13.2. The average Bonchev–Trinajstić information content (AvgIpc) is 2.92. The van der Waals surface area contributed by atoms with Gasteiger partial charge in [-0.25, -0.2) is 9.97 Å². The largest absolute Gasteiger partial charge is 0.345 e. The maximum absolute atomic E-state index is 12.1. The Morgan fingerprint density at radius 3 is 2.86 bits per heavy atom. The van der Waals surface area contributed by atoms with Crippen LogP contribution >= 0.6 is 23.2 Å². The molecule has 0 aliphatic carbocycles. The van der Waals surface area contributed by atoms with E-state index in [-0.39, 0.29) is 28.3 Å². The number of rotatable bonds is 3. The molecular formula is C15H12Cl2N4O. The summed E-state index contributed by atoms with van der Waals surface area (Å²) < 4.78 is 1.92. The Labute approximate surface area is 136 Å². The Kier molecular flexibility index (Phi) is 4.00. The van der Waals surface area contributed by atoms with Crippen molar-refractivity contribution >= 4 is 34.8 Å². The SMILES string of the molecule is Cc1cccn2cc(CNC(=O)c3nc(Cl)ccc3Cl)nc12. The standard InChI is InChI=1S/C15H12Cl2N4O/c1-9-3-2-6-21-8-10(19-14(9)21)7-18-15(22)13-11(16)4-5-12(17)20-13/h2-6,8H,7H2,1H3,(H,18,22). The third-order valence-corrected chi connectivity index (χ3v) is 3.70. The predicted molar refractivity (Wildman–Crippen MR) is 85.4 cm³/mol. The molecule has 0 unspecified atom stereocenters. The molecule has 3 heterocycles. The first-order chi connectivity index (χ1) is 10.5. The van der Waals surface area contributed by atoms with Crippen LogP contribution in [0.1, 0.15) is 21.7 Å². The van der Waals surface area contributed by atoms with Crippen LogP contribution in [-0.2, 0) is 6.54 Å². The van der Waals surface area contributed by atoms with Gasteiger partial charge in [0, 0.05) is 12.4 Å². The summed E-state index contributed by atoms with van der Waals surface area (Å²) in [6.07, 6.45) is 3.78. The molecule has 1 N–H and O–H groups in total. The van der Waals surface area contributed by atoms with Gasteiger partial charge in [0.1, 0.15) is 16.5 Å². The highest BCUT2D eigenvalue weighted by Crippen LogP contribution is 2.17. The molecule has 7 heteroatoms. The van der Waals surface area contributed by atoms with Crippen molar-refractivity contribution in [1.82, 2.24) is 19.7 Å². The average molecular weight is 335 g/mol. The zero-order chi connectivity index (χ0) is 15.7. The van der Waals surface area contributed by atoms with Crippen molar-refractivity contribution in [2.24, 2.45) is 0 Å². The number of imidazole rings is 1. The minimum atomic E-state index is -0.388. The van der Waals surface area contributed by atoms with Crippen molar-refractivity contribution in [2.75, 3.05) is 0 Å². The normalized spacial score (nSPS) is 10.9. The van der Waals surface area contributed by atoms with Crippen LogP contribution in [0.3, 0.4) is 0 Å². The van der Waals surface area contributed by atoms with Crippen LogP contribution in [0, 0.1) is 6.92 Å². The van der Waals surface area contributed by atoms with Crippen LogP contribution in [0.25, 0.3) is 5.65 Å². The van der Waals surface area contributed by atoms with Gasteiger partial charge in [0.15, 0.2) is 0 Å². The van der Waals surface area contributed by atoms with Crippen LogP contribution in [0.15, 0.2) is 36.7 Å². The molecule has 0 aromatic carbocycles. The topological polar surface area (TPSA) is 59.3 Å². The summed E-state index contributed by atoms with van der Waals surface area (Å²) in [6.45, 7) is 2.27. The van der Waals surface area contributed by atoms with E-state index >= 15 is 0 Å². The Bertz CT molecular complexity index is 860. The van der Waals surface area contributed by atoms with E-state index in [1.165, 1.54) is 6.07 Å². The summed E-state index contributed by atoms with van der Waals surface area (Å²) in [5, 5.41) is 3.22. The predicted octanol–water partition coefficient (Wildman–Crippen LogP) is 3.27. The molecule has 1 amide bonds. The van der Waals surface area contributed by atoms with E-state index in [1.807, 2.05) is 35.9 Å². The quantitative estimate of drug-likeness (QED) is 0.748. The Morgan fingerprint density at radius 2 is 2.09 bits per heavy atom. The summed E-state index contributed by atoms with van der Waals surface area (Å²) in [5.41, 5.74) is 2.79. The molecular weight excluding hydrogens is 323 g/mol. The lowest BCUT2D eigenvalue weighted by atomic mass is 10.3. The molecule has 0 saturated heterocycles. The highest BCUT2D eigenvalue weighted by atomic mass is 35.5. The van der Waals surface area contributed by atoms with Gasteiger partial charge in [-0.1, -0.05) is 29.3 Å². The number of halogens is 2. The number of nitrogens with one attached hydrogen (secondary N) is 1. The van der Waals surface area contributed by atoms with E-state index in [2.05, 4.69) is 15.3 Å². The van der Waals surface area contributed by atoms with Gasteiger partial charge >= 0.3 is 0 Å². The molecule has 112 valence electrons. The molecule has 0 aliphatic rings. The van der Waals surface area contributed by atoms with E-state index in [9.17, 15) is 4.79 Å². The molecule has 3 aromatic rings. The molecule has 0 bridgehead atoms. The summed E-state index contributed by atoms with van der Waals surface area (Å²) in [5.74, 6) is -0.388. The molecule has 0 atom stereocenters. The fraction of sp³-hybridized carbons (Fsp3) is 0.133. The molecule has 22 heavy (non-hydrogen) atoms. The van der Waals surface area contributed by atoms with Crippen molar-refractivity contribution in [1.29, 1.82) is 0 Å². The Balaban J connectivity index is 1.77. The van der Waals surface area contributed by atoms with E-state index < -0.39 is 0 Å². The number of carbonyl (C=O) groups is 1. The molecule has 3 rings (SSSR count). The third kappa shape index (κ3) is 2.91. The lowest BCUT2D eigenvalue weighted by Gasteiger charge is -2.04. The highest BCUT2D eigenvalue weighted by Gasteiger charge is 2.13. The molecule has 0 spiro atoms. The maximum Gasteiger partial charge on any atom is 0.271 e. The molecule has 5 nitrogen and oxygen atoms in total. The molecule has 0 radical (unpaired) electrons. The minimum Gasteiger partial charge on any atom is -0.345 e. The molecule has 0 aliphatic heterocycles. The van der Waals surface area contributed by atoms with Gasteiger partial charge in [-0.3, -0.25) is 4.79 Å². The second-order valence-corrected chi connectivity index (χ2v) is 5.60. The first-order valence-corrected chi connectivity index (χ1v) is 7.33. The lowest BCUT2D eigenvalue weighted by molar-refractivity contribution is 0.0945. The second-order valence-electron chi connectivity index (χ2n) is 4.80. The monoisotopic (exact) mass is 334 g/mol. The number of hydrogen-bond donors (Lipinski definition) is 1. The third-order valence-electron chi connectivity index (χ3n) is 3.18. The summed E-state index contributed by atoms with van der Waals surface area (Å²) in [7, 11) is 0. The highest BCUT2D eigenvalue weighted by molar-refractivity contribution is 6.34. The van der Waals surface area contributed by atoms with Crippen molar-refractivity contribution < 1.29 is 4.79 Å². The van der Waals surface area contributed by atoms with Gasteiger partial charge < -0.3 is 9.72 Å². The number of nitrogens with zero attached hydrogens (tertiary/aromatic N) is 3. The molecule has 0 saturated carbocycles. The van der Waals surface area contributed by atoms with Gasteiger partial charge in [0.2, 0.25) is 0 Å². The number of aromatic nitrogens is 3. The van der Waals surface area contributed by atoms with Crippen molar-refractivity contribution in [3.05, 3.63) is 63.8 Å². The smallest absolute Gasteiger partial charge is 0.271 e. The first-order valence-electron chi connectivity index (χ1n) is 6.58. The maximum atomic E-state index is 12.1. The van der Waals surface area contributed by atoms with Crippen LogP contribution < -0.4 is 5.32 Å². The van der Waals surface area contributed by atoms with E-state index in [0.717, 1.165) is 16.9 Å². The number of aryl methyl sites for hydroxylation is 1. The van der Waals surface area contributed by atoms with E-state index in [4.69, 9.17) is 23.2 Å². The van der Waals surface area contributed by atoms with E-state index in [1.54, 1.807) is 6.07 Å². The number of pyridine rings is 2. The first kappa shape index (κ1) is 14.8.